The van der Waals surface area contributed by atoms with Crippen LogP contribution in [0.3, 0.4) is 0 Å². The minimum atomic E-state index is 0.288. The highest BCUT2D eigenvalue weighted by atomic mass is 79.9. The van der Waals surface area contributed by atoms with E-state index in [9.17, 15) is 0 Å². The number of aromatic nitrogens is 2. The van der Waals surface area contributed by atoms with E-state index in [-0.39, 0.29) is 5.92 Å². The Kier molecular flexibility index (Phi) is 8.94. The maximum absolute atomic E-state index is 4.56. The Balaban J connectivity index is 1.66. The second-order valence-corrected chi connectivity index (χ2v) is 9.54. The molecule has 0 spiro atoms. The molecule has 0 bridgehead atoms. The van der Waals surface area contributed by atoms with E-state index < -0.39 is 0 Å². The van der Waals surface area contributed by atoms with Crippen molar-refractivity contribution >= 4 is 27.3 Å². The molecule has 2 aromatic carbocycles. The van der Waals surface area contributed by atoms with Crippen LogP contribution in [-0.4, -0.2) is 34.8 Å². The first-order valence-electron chi connectivity index (χ1n) is 11.7. The number of nitrogens with one attached hydrogen (secondary N) is 1. The van der Waals surface area contributed by atoms with Crippen molar-refractivity contribution in [1.82, 2.24) is 20.0 Å². The summed E-state index contributed by atoms with van der Waals surface area (Å²) in [4.78, 5) is 2.25. The van der Waals surface area contributed by atoms with Gasteiger partial charge in [-0.1, -0.05) is 74.7 Å². The summed E-state index contributed by atoms with van der Waals surface area (Å²) in [5.74, 6) is 1.20. The first-order valence-corrected chi connectivity index (χ1v) is 12.4. The van der Waals surface area contributed by atoms with Gasteiger partial charge in [-0.3, -0.25) is 0 Å². The second-order valence-electron chi connectivity index (χ2n) is 8.69. The summed E-state index contributed by atoms with van der Waals surface area (Å²) in [6, 6.07) is 18.8. The number of hydrogen-bond donors (Lipinski definition) is 1. The zero-order chi connectivity index (χ0) is 24.7. The largest absolute Gasteiger partial charge is 0.378 e. The van der Waals surface area contributed by atoms with Crippen molar-refractivity contribution in [3.05, 3.63) is 113 Å². The van der Waals surface area contributed by atoms with Crippen molar-refractivity contribution in [2.45, 2.75) is 33.1 Å². The first kappa shape index (κ1) is 25.6. The van der Waals surface area contributed by atoms with Crippen LogP contribution in [0.1, 0.15) is 41.6 Å². The molecule has 0 aliphatic heterocycles. The number of halogens is 1. The molecule has 3 aromatic rings. The van der Waals surface area contributed by atoms with Gasteiger partial charge in [0, 0.05) is 31.8 Å². The molecular formula is C29H35BrN4. The highest BCUT2D eigenvalue weighted by Crippen LogP contribution is 2.25. The molecule has 0 radical (unpaired) electrons. The van der Waals surface area contributed by atoms with Gasteiger partial charge in [0.05, 0.1) is 16.4 Å². The lowest BCUT2D eigenvalue weighted by atomic mass is 9.98. The van der Waals surface area contributed by atoms with Gasteiger partial charge in [-0.25, -0.2) is 4.68 Å². The number of rotatable bonds is 11. The molecule has 34 heavy (non-hydrogen) atoms. The van der Waals surface area contributed by atoms with Gasteiger partial charge in [0.2, 0.25) is 0 Å². The van der Waals surface area contributed by atoms with Crippen LogP contribution in [0.4, 0.5) is 0 Å². The maximum Gasteiger partial charge on any atom is 0.128 e. The van der Waals surface area contributed by atoms with Gasteiger partial charge in [-0.15, -0.1) is 0 Å². The van der Waals surface area contributed by atoms with Crippen molar-refractivity contribution in [3.63, 3.8) is 0 Å². The van der Waals surface area contributed by atoms with Gasteiger partial charge in [0.15, 0.2) is 0 Å². The van der Waals surface area contributed by atoms with Gasteiger partial charge < -0.3 is 10.2 Å². The zero-order valence-electron chi connectivity index (χ0n) is 20.7. The summed E-state index contributed by atoms with van der Waals surface area (Å²) in [6.07, 6.45) is 4.87. The quantitative estimate of drug-likeness (QED) is 0.219. The third kappa shape index (κ3) is 6.29. The maximum atomic E-state index is 4.56. The summed E-state index contributed by atoms with van der Waals surface area (Å²) < 4.78 is 2.90. The fraction of sp³-hybridized carbons (Fsp3) is 0.276. The highest BCUT2D eigenvalue weighted by molar-refractivity contribution is 9.10. The van der Waals surface area contributed by atoms with Crippen molar-refractivity contribution in [3.8, 4) is 0 Å². The average Bonchev–Trinajstić information content (AvgIpc) is 3.18. The molecule has 1 unspecified atom stereocenters. The predicted octanol–water partition coefficient (Wildman–Crippen LogP) is 7.00. The molecule has 0 saturated carbocycles. The molecule has 0 amide bonds. The number of allylic oxidation sites excluding steroid dienone is 3. The first-order chi connectivity index (χ1) is 16.3. The minimum absolute atomic E-state index is 0.288. The SMILES string of the molecule is C=C(/C=C(/NCCCN(C)C(=C)C(C)c1ccccc1)n1ncc(Br)c1C)c1ccccc1C. The average molecular weight is 520 g/mol. The van der Waals surface area contributed by atoms with E-state index in [1.54, 1.807) is 0 Å². The van der Waals surface area contributed by atoms with Gasteiger partial charge in [-0.05, 0) is 64.5 Å². The van der Waals surface area contributed by atoms with Crippen LogP contribution < -0.4 is 5.32 Å². The zero-order valence-corrected chi connectivity index (χ0v) is 22.3. The molecule has 1 aromatic heterocycles. The van der Waals surface area contributed by atoms with E-state index in [4.69, 9.17) is 0 Å². The summed E-state index contributed by atoms with van der Waals surface area (Å²) >= 11 is 3.58. The van der Waals surface area contributed by atoms with Crippen molar-refractivity contribution in [2.24, 2.45) is 0 Å². The van der Waals surface area contributed by atoms with E-state index in [0.29, 0.717) is 0 Å². The molecule has 1 heterocycles. The van der Waals surface area contributed by atoms with Crippen LogP contribution >= 0.6 is 15.9 Å². The van der Waals surface area contributed by atoms with Crippen LogP contribution in [0, 0.1) is 13.8 Å². The minimum Gasteiger partial charge on any atom is -0.378 e. The Morgan fingerprint density at radius 3 is 2.44 bits per heavy atom. The molecule has 0 saturated heterocycles. The van der Waals surface area contributed by atoms with Crippen LogP contribution in [0.2, 0.25) is 0 Å². The molecule has 5 heteroatoms. The van der Waals surface area contributed by atoms with Crippen LogP contribution in [0.25, 0.3) is 11.4 Å². The summed E-state index contributed by atoms with van der Waals surface area (Å²) in [6.45, 7) is 16.8. The third-order valence-electron chi connectivity index (χ3n) is 6.25. The highest BCUT2D eigenvalue weighted by Gasteiger charge is 2.14. The third-order valence-corrected chi connectivity index (χ3v) is 7.02. The summed E-state index contributed by atoms with van der Waals surface area (Å²) in [5, 5.41) is 8.15. The molecule has 178 valence electrons. The van der Waals surface area contributed by atoms with Gasteiger partial charge in [0.1, 0.15) is 5.82 Å². The summed E-state index contributed by atoms with van der Waals surface area (Å²) in [5.41, 5.74) is 6.75. The van der Waals surface area contributed by atoms with Gasteiger partial charge in [0.25, 0.3) is 0 Å². The monoisotopic (exact) mass is 518 g/mol. The Morgan fingerprint density at radius 1 is 1.12 bits per heavy atom. The normalized spacial score (nSPS) is 12.3. The molecule has 3 rings (SSSR count). The fourth-order valence-corrected chi connectivity index (χ4v) is 4.20. The van der Waals surface area contributed by atoms with E-state index >= 15 is 0 Å². The van der Waals surface area contributed by atoms with Crippen molar-refractivity contribution < 1.29 is 0 Å². The predicted molar refractivity (Wildman–Crippen MR) is 148 cm³/mol. The van der Waals surface area contributed by atoms with E-state index in [0.717, 1.165) is 52.3 Å². The van der Waals surface area contributed by atoms with E-state index in [2.05, 4.69) is 108 Å². The molecule has 0 fully saturated rings. The lowest BCUT2D eigenvalue weighted by molar-refractivity contribution is 0.385. The molecule has 0 aliphatic rings. The number of nitrogens with zero attached hydrogens (tertiary/aromatic N) is 3. The Bertz CT molecular complexity index is 1160. The number of aryl methyl sites for hydroxylation is 1. The standard InChI is InChI=1S/C29H35BrN4/c1-21-13-10-11-16-27(21)22(2)19-29(34-25(5)28(30)20-32-34)31-17-12-18-33(6)24(4)23(3)26-14-8-7-9-15-26/h7-11,13-16,19-20,23,31H,2,4,12,17-18H2,1,3,5-6H3/b29-19-. The summed E-state index contributed by atoms with van der Waals surface area (Å²) in [7, 11) is 2.12. The van der Waals surface area contributed by atoms with Gasteiger partial charge in [-0.2, -0.15) is 5.10 Å². The van der Waals surface area contributed by atoms with Gasteiger partial charge >= 0.3 is 0 Å². The number of likely N-dealkylation sites (N-methyl/N-ethyl adjacent to an activating group) is 1. The van der Waals surface area contributed by atoms with Crippen LogP contribution in [0.15, 0.2) is 90.2 Å². The van der Waals surface area contributed by atoms with E-state index in [1.165, 1.54) is 11.1 Å². The number of benzene rings is 2. The van der Waals surface area contributed by atoms with Crippen LogP contribution in [-0.2, 0) is 0 Å². The van der Waals surface area contributed by atoms with E-state index in [1.807, 2.05) is 36.0 Å². The lowest BCUT2D eigenvalue weighted by Crippen LogP contribution is -2.26. The van der Waals surface area contributed by atoms with Crippen molar-refractivity contribution in [2.75, 3.05) is 20.1 Å². The fourth-order valence-electron chi connectivity index (χ4n) is 3.94. The Morgan fingerprint density at radius 2 is 1.79 bits per heavy atom. The lowest BCUT2D eigenvalue weighted by Gasteiger charge is -2.27. The molecular weight excluding hydrogens is 484 g/mol. The smallest absolute Gasteiger partial charge is 0.128 e. The number of hydrogen-bond acceptors (Lipinski definition) is 3. The molecule has 0 aliphatic carbocycles. The molecule has 1 atom stereocenters. The topological polar surface area (TPSA) is 33.1 Å². The molecule has 1 N–H and O–H groups in total. The van der Waals surface area contributed by atoms with Crippen molar-refractivity contribution in [1.29, 1.82) is 0 Å². The molecule has 4 nitrogen and oxygen atoms in total. The second kappa shape index (κ2) is 11.9. The Labute approximate surface area is 212 Å². The Hall–Kier alpha value is -3.05. The van der Waals surface area contributed by atoms with Crippen LogP contribution in [0.5, 0.6) is 0 Å².